The summed E-state index contributed by atoms with van der Waals surface area (Å²) in [5.41, 5.74) is 0. The van der Waals surface area contributed by atoms with Crippen LogP contribution in [0.2, 0.25) is 0 Å². The van der Waals surface area contributed by atoms with Crippen molar-refractivity contribution < 1.29 is 0 Å². The lowest BCUT2D eigenvalue weighted by atomic mass is 10.1. The molecule has 0 saturated carbocycles. The van der Waals surface area contributed by atoms with Crippen LogP contribution in [0.25, 0.3) is 0 Å². The average molecular weight is 198 g/mol. The van der Waals surface area contributed by atoms with E-state index >= 15 is 0 Å². The number of allylic oxidation sites excluding steroid dienone is 2. The lowest BCUT2D eigenvalue weighted by Crippen LogP contribution is -1.96. The Morgan fingerprint density at radius 3 is 2.77 bits per heavy atom. The number of hydrogen-bond acceptors (Lipinski definition) is 1. The van der Waals surface area contributed by atoms with E-state index in [2.05, 4.69) is 31.7 Å². The molecule has 1 aliphatic rings. The van der Waals surface area contributed by atoms with Gasteiger partial charge in [-0.15, -0.1) is 11.8 Å². The normalized spacial score (nSPS) is 22.0. The fraction of sp³-hybridized carbons (Fsp3) is 0.833. The van der Waals surface area contributed by atoms with Crippen LogP contribution in [0.1, 0.15) is 58.8 Å². The van der Waals surface area contributed by atoms with Crippen molar-refractivity contribution in [2.75, 3.05) is 0 Å². The topological polar surface area (TPSA) is 0 Å². The SMILES string of the molecule is CCCCCCC1CC=C(CC)S1. The van der Waals surface area contributed by atoms with Crippen LogP contribution < -0.4 is 0 Å². The molecule has 0 N–H and O–H groups in total. The van der Waals surface area contributed by atoms with Crippen molar-refractivity contribution in [1.29, 1.82) is 0 Å². The van der Waals surface area contributed by atoms with Crippen molar-refractivity contribution >= 4 is 11.8 Å². The van der Waals surface area contributed by atoms with Gasteiger partial charge >= 0.3 is 0 Å². The Bertz CT molecular complexity index is 161. The van der Waals surface area contributed by atoms with Gasteiger partial charge in [-0.05, 0) is 24.2 Å². The van der Waals surface area contributed by atoms with E-state index in [0.29, 0.717) is 0 Å². The predicted octanol–water partition coefficient (Wildman–Crippen LogP) is 4.76. The maximum absolute atomic E-state index is 2.44. The highest BCUT2D eigenvalue weighted by Gasteiger charge is 2.15. The molecule has 1 atom stereocenters. The monoisotopic (exact) mass is 198 g/mol. The van der Waals surface area contributed by atoms with E-state index < -0.39 is 0 Å². The molecular formula is C12H22S. The first-order chi connectivity index (χ1) is 6.36. The summed E-state index contributed by atoms with van der Waals surface area (Å²) < 4.78 is 0. The molecule has 1 heterocycles. The molecule has 0 aliphatic carbocycles. The molecule has 0 nitrogen and oxygen atoms in total. The minimum Gasteiger partial charge on any atom is -0.127 e. The molecule has 0 spiro atoms. The largest absolute Gasteiger partial charge is 0.127 e. The molecular weight excluding hydrogens is 176 g/mol. The number of thioether (sulfide) groups is 1. The van der Waals surface area contributed by atoms with Crippen LogP contribution in [0.3, 0.4) is 0 Å². The molecule has 0 fully saturated rings. The van der Waals surface area contributed by atoms with Gasteiger partial charge in [-0.25, -0.2) is 0 Å². The lowest BCUT2D eigenvalue weighted by molar-refractivity contribution is 0.621. The van der Waals surface area contributed by atoms with Gasteiger partial charge in [0, 0.05) is 5.25 Å². The first kappa shape index (κ1) is 11.2. The molecule has 0 bridgehead atoms. The summed E-state index contributed by atoms with van der Waals surface area (Å²) in [7, 11) is 0. The summed E-state index contributed by atoms with van der Waals surface area (Å²) in [5.74, 6) is 0. The van der Waals surface area contributed by atoms with Crippen molar-refractivity contribution in [3.05, 3.63) is 11.0 Å². The smallest absolute Gasteiger partial charge is 0.0126 e. The Morgan fingerprint density at radius 1 is 1.31 bits per heavy atom. The molecule has 0 aromatic rings. The molecule has 0 radical (unpaired) electrons. The Morgan fingerprint density at radius 2 is 2.15 bits per heavy atom. The van der Waals surface area contributed by atoms with E-state index in [1.807, 2.05) is 0 Å². The van der Waals surface area contributed by atoms with Gasteiger partial charge < -0.3 is 0 Å². The van der Waals surface area contributed by atoms with Crippen molar-refractivity contribution in [3.8, 4) is 0 Å². The summed E-state index contributed by atoms with van der Waals surface area (Å²) in [6, 6.07) is 0. The Kier molecular flexibility index (Phi) is 5.61. The molecule has 0 aromatic carbocycles. The lowest BCUT2D eigenvalue weighted by Gasteiger charge is -2.08. The second-order valence-corrected chi connectivity index (χ2v) is 5.28. The first-order valence-corrected chi connectivity index (χ1v) is 6.60. The molecule has 0 amide bonds. The van der Waals surface area contributed by atoms with Gasteiger partial charge in [-0.1, -0.05) is 45.6 Å². The molecule has 76 valence electrons. The van der Waals surface area contributed by atoms with Crippen molar-refractivity contribution in [2.24, 2.45) is 0 Å². The maximum atomic E-state index is 2.44. The molecule has 0 aromatic heterocycles. The zero-order valence-corrected chi connectivity index (χ0v) is 9.83. The second-order valence-electron chi connectivity index (χ2n) is 3.85. The quantitative estimate of drug-likeness (QED) is 0.555. The van der Waals surface area contributed by atoms with Crippen LogP contribution in [0, 0.1) is 0 Å². The zero-order valence-electron chi connectivity index (χ0n) is 9.01. The summed E-state index contributed by atoms with van der Waals surface area (Å²) in [6.45, 7) is 4.54. The van der Waals surface area contributed by atoms with E-state index in [1.165, 1.54) is 44.9 Å². The van der Waals surface area contributed by atoms with Crippen LogP contribution in [-0.2, 0) is 0 Å². The minimum atomic E-state index is 0.923. The van der Waals surface area contributed by atoms with E-state index in [1.54, 1.807) is 4.91 Å². The number of rotatable bonds is 6. The van der Waals surface area contributed by atoms with Crippen LogP contribution in [0.15, 0.2) is 11.0 Å². The fourth-order valence-corrected chi connectivity index (χ4v) is 3.04. The zero-order chi connectivity index (χ0) is 9.52. The summed E-state index contributed by atoms with van der Waals surface area (Å²) in [4.78, 5) is 1.63. The Balaban J connectivity index is 2.00. The molecule has 1 aliphatic heterocycles. The van der Waals surface area contributed by atoms with E-state index in [9.17, 15) is 0 Å². The molecule has 1 heteroatoms. The number of hydrogen-bond donors (Lipinski definition) is 0. The Labute approximate surface area is 87.2 Å². The third kappa shape index (κ3) is 4.21. The average Bonchev–Trinajstić information content (AvgIpc) is 2.60. The van der Waals surface area contributed by atoms with Crippen molar-refractivity contribution in [1.82, 2.24) is 0 Å². The highest BCUT2D eigenvalue weighted by atomic mass is 32.2. The van der Waals surface area contributed by atoms with E-state index in [4.69, 9.17) is 0 Å². The summed E-state index contributed by atoms with van der Waals surface area (Å²) >= 11 is 2.13. The third-order valence-electron chi connectivity index (χ3n) is 2.65. The Hall–Kier alpha value is 0.0900. The van der Waals surface area contributed by atoms with Crippen LogP contribution in [0.5, 0.6) is 0 Å². The van der Waals surface area contributed by atoms with Gasteiger partial charge in [-0.3, -0.25) is 0 Å². The second kappa shape index (κ2) is 6.53. The maximum Gasteiger partial charge on any atom is 0.0126 e. The predicted molar refractivity (Wildman–Crippen MR) is 63.1 cm³/mol. The summed E-state index contributed by atoms with van der Waals surface area (Å²) in [5, 5.41) is 0.923. The van der Waals surface area contributed by atoms with Crippen molar-refractivity contribution in [2.45, 2.75) is 64.0 Å². The van der Waals surface area contributed by atoms with Gasteiger partial charge in [-0.2, -0.15) is 0 Å². The van der Waals surface area contributed by atoms with E-state index in [0.717, 1.165) is 5.25 Å². The first-order valence-electron chi connectivity index (χ1n) is 5.72. The highest BCUT2D eigenvalue weighted by molar-refractivity contribution is 8.03. The molecule has 0 saturated heterocycles. The molecule has 1 rings (SSSR count). The van der Waals surface area contributed by atoms with Gasteiger partial charge in [0.2, 0.25) is 0 Å². The van der Waals surface area contributed by atoms with Gasteiger partial charge in [0.25, 0.3) is 0 Å². The molecule has 13 heavy (non-hydrogen) atoms. The van der Waals surface area contributed by atoms with Crippen LogP contribution in [0.4, 0.5) is 0 Å². The summed E-state index contributed by atoms with van der Waals surface area (Å²) in [6.07, 6.45) is 12.1. The van der Waals surface area contributed by atoms with E-state index in [-0.39, 0.29) is 0 Å². The van der Waals surface area contributed by atoms with Crippen LogP contribution >= 0.6 is 11.8 Å². The third-order valence-corrected chi connectivity index (χ3v) is 4.17. The standard InChI is InChI=1S/C12H22S/c1-3-5-6-7-8-12-10-9-11(4-2)13-12/h9,12H,3-8,10H2,1-2H3. The minimum absolute atomic E-state index is 0.923. The van der Waals surface area contributed by atoms with Crippen molar-refractivity contribution in [3.63, 3.8) is 0 Å². The molecule has 1 unspecified atom stereocenters. The van der Waals surface area contributed by atoms with Gasteiger partial charge in [0.15, 0.2) is 0 Å². The van der Waals surface area contributed by atoms with Crippen LogP contribution in [-0.4, -0.2) is 5.25 Å². The van der Waals surface area contributed by atoms with Gasteiger partial charge in [0.1, 0.15) is 0 Å². The number of unbranched alkanes of at least 4 members (excludes halogenated alkanes) is 3. The highest BCUT2D eigenvalue weighted by Crippen LogP contribution is 2.36. The fourth-order valence-electron chi connectivity index (χ4n) is 1.78. The van der Waals surface area contributed by atoms with Gasteiger partial charge in [0.05, 0.1) is 0 Å².